The van der Waals surface area contributed by atoms with Gasteiger partial charge in [-0.15, -0.1) is 0 Å². The molecule has 0 aliphatic rings. The Balaban J connectivity index is 0.903. The van der Waals surface area contributed by atoms with E-state index in [0.29, 0.717) is 11.8 Å². The average molecular weight is 789 g/mol. The quantitative estimate of drug-likeness (QED) is 0.149. The summed E-state index contributed by atoms with van der Waals surface area (Å²) in [6, 6.07) is 57.3. The highest BCUT2D eigenvalue weighted by molar-refractivity contribution is 6.11. The number of pyridine rings is 2. The molecule has 0 saturated carbocycles. The third-order valence-electron chi connectivity index (χ3n) is 11.1. The number of anilines is 6. The van der Waals surface area contributed by atoms with Gasteiger partial charge in [0.05, 0.1) is 23.8 Å². The molecule has 0 aliphatic carbocycles. The van der Waals surface area contributed by atoms with E-state index >= 15 is 0 Å². The first-order valence-corrected chi connectivity index (χ1v) is 19.9. The van der Waals surface area contributed by atoms with Gasteiger partial charge in [-0.25, -0.2) is 9.97 Å². The van der Waals surface area contributed by atoms with Gasteiger partial charge in [-0.2, -0.15) is 0 Å². The number of hydrogen-bond donors (Lipinski definition) is 0. The van der Waals surface area contributed by atoms with Crippen LogP contribution in [0.25, 0.3) is 77.8 Å². The zero-order chi connectivity index (χ0) is 40.3. The predicted molar refractivity (Wildman–Crippen MR) is 242 cm³/mol. The minimum absolute atomic E-state index is 0.583. The lowest BCUT2D eigenvalue weighted by molar-refractivity contribution is 0.619. The maximum Gasteiger partial charge on any atom is 0.227 e. The topological polar surface area (TPSA) is 97.5 Å². The second-order valence-electron chi connectivity index (χ2n) is 14.8. The molecule has 5 aromatic heterocycles. The Labute approximate surface area is 348 Å². The van der Waals surface area contributed by atoms with Gasteiger partial charge < -0.3 is 23.1 Å². The van der Waals surface area contributed by atoms with Crippen molar-refractivity contribution in [3.05, 3.63) is 195 Å². The van der Waals surface area contributed by atoms with E-state index in [1.54, 1.807) is 12.4 Å². The van der Waals surface area contributed by atoms with Crippen LogP contribution in [0.4, 0.5) is 34.1 Å². The van der Waals surface area contributed by atoms with E-state index in [9.17, 15) is 0 Å². The number of nitrogens with zero attached hydrogens (tertiary/aromatic N) is 6. The Kier molecular flexibility index (Phi) is 7.95. The molecule has 7 aromatic carbocycles. The fourth-order valence-corrected chi connectivity index (χ4v) is 8.14. The zero-order valence-corrected chi connectivity index (χ0v) is 32.4. The third-order valence-corrected chi connectivity index (χ3v) is 11.1. The molecule has 0 unspecified atom stereocenters. The summed E-state index contributed by atoms with van der Waals surface area (Å²) in [7, 11) is 0. The van der Waals surface area contributed by atoms with Gasteiger partial charge in [0, 0.05) is 63.1 Å². The van der Waals surface area contributed by atoms with Crippen LogP contribution in [-0.2, 0) is 0 Å². The summed E-state index contributed by atoms with van der Waals surface area (Å²) in [6.07, 6.45) is 7.31. The summed E-state index contributed by atoms with van der Waals surface area (Å²) in [6.45, 7) is 0. The molecule has 61 heavy (non-hydrogen) atoms. The minimum Gasteiger partial charge on any atom is -0.456 e. The lowest BCUT2D eigenvalue weighted by Gasteiger charge is -2.25. The standard InChI is InChI=1S/C52H32N6O3/c1-3-11-47-45(9-1)55-51(60-47)33-13-18-37(19-14-33)57(41-7-5-25-53-31-41)39-22-17-35-28-44-43-24-23-40(30-50(43)59-49(44)29-36(35)27-39)58(42-8-6-26-54-32-42)38-20-15-34(16-21-38)52-56-46-10-2-4-12-48(46)61-52/h1-32H. The number of aromatic nitrogens is 4. The lowest BCUT2D eigenvalue weighted by Crippen LogP contribution is -2.10. The molecule has 9 nitrogen and oxygen atoms in total. The second kappa shape index (κ2) is 14.1. The SMILES string of the molecule is c1cncc(N(c2ccc(-c3nc4ccccc4o3)cc2)c2ccc3cc4c(cc3c2)oc2cc(N(c3ccc(-c5nc6ccccc6o5)cc3)c3cccnc3)ccc24)c1. The average Bonchev–Trinajstić information content (AvgIpc) is 4.05. The van der Waals surface area contributed by atoms with Gasteiger partial charge in [-0.3, -0.25) is 9.97 Å². The Hall–Kier alpha value is -8.56. The predicted octanol–water partition coefficient (Wildman–Crippen LogP) is 14.1. The Morgan fingerprint density at radius 1 is 0.344 bits per heavy atom. The van der Waals surface area contributed by atoms with Crippen LogP contribution in [0.2, 0.25) is 0 Å². The van der Waals surface area contributed by atoms with Crippen molar-refractivity contribution in [2.75, 3.05) is 9.80 Å². The van der Waals surface area contributed by atoms with Gasteiger partial charge in [-0.05, 0) is 144 Å². The van der Waals surface area contributed by atoms with Gasteiger partial charge in [0.2, 0.25) is 11.8 Å². The van der Waals surface area contributed by atoms with Crippen molar-refractivity contribution in [1.29, 1.82) is 0 Å². The minimum atomic E-state index is 0.583. The molecule has 12 rings (SSSR count). The number of fused-ring (bicyclic) bond motifs is 6. The number of oxazole rings is 2. The molecule has 12 aromatic rings. The van der Waals surface area contributed by atoms with Gasteiger partial charge in [-0.1, -0.05) is 30.3 Å². The maximum absolute atomic E-state index is 6.67. The van der Waals surface area contributed by atoms with Crippen molar-refractivity contribution >= 4 is 89.0 Å². The summed E-state index contributed by atoms with van der Waals surface area (Å²) >= 11 is 0. The molecule has 0 saturated heterocycles. The summed E-state index contributed by atoms with van der Waals surface area (Å²) in [4.78, 5) is 22.7. The molecule has 0 radical (unpaired) electrons. The van der Waals surface area contributed by atoms with E-state index in [2.05, 4.69) is 105 Å². The van der Waals surface area contributed by atoms with Crippen molar-refractivity contribution in [3.63, 3.8) is 0 Å². The van der Waals surface area contributed by atoms with Gasteiger partial charge in [0.25, 0.3) is 0 Å². The van der Waals surface area contributed by atoms with Crippen LogP contribution in [0, 0.1) is 0 Å². The largest absolute Gasteiger partial charge is 0.456 e. The maximum atomic E-state index is 6.67. The molecule has 0 atom stereocenters. The molecule has 0 N–H and O–H groups in total. The molecule has 0 fully saturated rings. The van der Waals surface area contributed by atoms with Crippen LogP contribution in [0.3, 0.4) is 0 Å². The van der Waals surface area contributed by atoms with Crippen molar-refractivity contribution < 1.29 is 13.3 Å². The van der Waals surface area contributed by atoms with Crippen LogP contribution < -0.4 is 9.80 Å². The van der Waals surface area contributed by atoms with E-state index in [1.807, 2.05) is 97.3 Å². The molecule has 0 aliphatic heterocycles. The summed E-state index contributed by atoms with van der Waals surface area (Å²) in [5, 5.41) is 4.25. The monoisotopic (exact) mass is 788 g/mol. The molecule has 0 spiro atoms. The highest BCUT2D eigenvalue weighted by Crippen LogP contribution is 2.42. The lowest BCUT2D eigenvalue weighted by atomic mass is 10.0. The highest BCUT2D eigenvalue weighted by atomic mass is 16.4. The van der Waals surface area contributed by atoms with E-state index in [0.717, 1.165) is 100 Å². The Morgan fingerprint density at radius 3 is 1.43 bits per heavy atom. The molecule has 0 bridgehead atoms. The molecular formula is C52H32N6O3. The molecule has 9 heteroatoms. The second-order valence-corrected chi connectivity index (χ2v) is 14.8. The van der Waals surface area contributed by atoms with Crippen molar-refractivity contribution in [3.8, 4) is 22.9 Å². The highest BCUT2D eigenvalue weighted by Gasteiger charge is 2.19. The molecular weight excluding hydrogens is 757 g/mol. The number of hydrogen-bond acceptors (Lipinski definition) is 9. The number of benzene rings is 7. The number of rotatable bonds is 8. The van der Waals surface area contributed by atoms with Crippen LogP contribution >= 0.6 is 0 Å². The van der Waals surface area contributed by atoms with Crippen LogP contribution in [0.1, 0.15) is 0 Å². The normalized spacial score (nSPS) is 11.6. The first-order valence-electron chi connectivity index (χ1n) is 19.9. The Bertz CT molecular complexity index is 3310. The summed E-state index contributed by atoms with van der Waals surface area (Å²) in [5.74, 6) is 1.17. The van der Waals surface area contributed by atoms with Crippen LogP contribution in [0.5, 0.6) is 0 Å². The molecule has 0 amide bonds. The number of furan rings is 1. The molecule has 5 heterocycles. The zero-order valence-electron chi connectivity index (χ0n) is 32.4. The van der Waals surface area contributed by atoms with E-state index in [4.69, 9.17) is 23.2 Å². The van der Waals surface area contributed by atoms with Gasteiger partial charge >= 0.3 is 0 Å². The van der Waals surface area contributed by atoms with E-state index in [-0.39, 0.29) is 0 Å². The Morgan fingerprint density at radius 2 is 0.869 bits per heavy atom. The van der Waals surface area contributed by atoms with Crippen molar-refractivity contribution in [1.82, 2.24) is 19.9 Å². The van der Waals surface area contributed by atoms with Crippen LogP contribution in [0.15, 0.2) is 208 Å². The van der Waals surface area contributed by atoms with E-state index in [1.165, 1.54) is 0 Å². The summed E-state index contributed by atoms with van der Waals surface area (Å²) in [5.41, 5.74) is 12.3. The smallest absolute Gasteiger partial charge is 0.227 e. The first-order chi connectivity index (χ1) is 30.2. The van der Waals surface area contributed by atoms with Crippen molar-refractivity contribution in [2.24, 2.45) is 0 Å². The van der Waals surface area contributed by atoms with Crippen LogP contribution in [-0.4, -0.2) is 19.9 Å². The summed E-state index contributed by atoms with van der Waals surface area (Å²) < 4.78 is 18.8. The van der Waals surface area contributed by atoms with E-state index < -0.39 is 0 Å². The van der Waals surface area contributed by atoms with Crippen molar-refractivity contribution in [2.45, 2.75) is 0 Å². The fraction of sp³-hybridized carbons (Fsp3) is 0. The molecule has 288 valence electrons. The number of para-hydroxylation sites is 4. The first kappa shape index (κ1) is 34.5. The fourth-order valence-electron chi connectivity index (χ4n) is 8.14. The van der Waals surface area contributed by atoms with Gasteiger partial charge in [0.1, 0.15) is 22.2 Å². The third kappa shape index (κ3) is 6.11. The van der Waals surface area contributed by atoms with Gasteiger partial charge in [0.15, 0.2) is 11.2 Å².